The summed E-state index contributed by atoms with van der Waals surface area (Å²) in [6, 6.07) is 0.868. The minimum absolute atomic E-state index is 0.00552. The molecule has 0 aliphatic carbocycles. The van der Waals surface area contributed by atoms with Crippen LogP contribution in [0.4, 0.5) is 4.79 Å². The molecular weight excluding hydrogens is 260 g/mol. The van der Waals surface area contributed by atoms with Crippen molar-refractivity contribution in [2.24, 2.45) is 13.0 Å². The highest BCUT2D eigenvalue weighted by Crippen LogP contribution is 2.23. The predicted molar refractivity (Wildman–Crippen MR) is 72.2 cm³/mol. The van der Waals surface area contributed by atoms with Crippen molar-refractivity contribution in [2.75, 3.05) is 13.1 Å². The summed E-state index contributed by atoms with van der Waals surface area (Å²) in [5, 5.41) is 16.2. The van der Waals surface area contributed by atoms with E-state index in [0.717, 1.165) is 12.1 Å². The second-order valence-corrected chi connectivity index (χ2v) is 5.21. The summed E-state index contributed by atoms with van der Waals surface area (Å²) < 4.78 is 1.71. The maximum atomic E-state index is 12.0. The van der Waals surface area contributed by atoms with E-state index in [1.54, 1.807) is 4.68 Å². The van der Waals surface area contributed by atoms with Gasteiger partial charge in [-0.25, -0.2) is 9.59 Å². The third-order valence-corrected chi connectivity index (χ3v) is 3.64. The molecule has 2 rings (SSSR count). The average molecular weight is 280 g/mol. The Morgan fingerprint density at radius 2 is 2.30 bits per heavy atom. The van der Waals surface area contributed by atoms with Gasteiger partial charge in [0.2, 0.25) is 0 Å². The summed E-state index contributed by atoms with van der Waals surface area (Å²) in [6.07, 6.45) is 3.21. The van der Waals surface area contributed by atoms with Crippen molar-refractivity contribution in [3.8, 4) is 0 Å². The van der Waals surface area contributed by atoms with Crippen LogP contribution in [-0.2, 0) is 18.3 Å². The molecule has 7 heteroatoms. The summed E-state index contributed by atoms with van der Waals surface area (Å²) in [6.45, 7) is 2.81. The number of aliphatic carboxylic acids is 1. The summed E-state index contributed by atoms with van der Waals surface area (Å²) in [5.74, 6) is -0.941. The van der Waals surface area contributed by atoms with Crippen LogP contribution < -0.4 is 5.32 Å². The molecule has 2 unspecified atom stereocenters. The van der Waals surface area contributed by atoms with Crippen molar-refractivity contribution in [1.29, 1.82) is 0 Å². The van der Waals surface area contributed by atoms with Crippen LogP contribution in [0.1, 0.15) is 19.0 Å². The number of likely N-dealkylation sites (tertiary alicyclic amines) is 1. The van der Waals surface area contributed by atoms with Gasteiger partial charge >= 0.3 is 12.0 Å². The maximum absolute atomic E-state index is 12.0. The Hall–Kier alpha value is -2.05. The van der Waals surface area contributed by atoms with E-state index in [9.17, 15) is 14.7 Å². The molecule has 1 aromatic rings. The number of nitrogens with one attached hydrogen (secondary N) is 1. The van der Waals surface area contributed by atoms with Crippen LogP contribution in [0.3, 0.4) is 0 Å². The van der Waals surface area contributed by atoms with Gasteiger partial charge in [-0.3, -0.25) is 4.68 Å². The van der Waals surface area contributed by atoms with Crippen LogP contribution >= 0.6 is 0 Å². The van der Waals surface area contributed by atoms with Crippen LogP contribution in [0, 0.1) is 5.92 Å². The number of carbonyl (C=O) groups excluding carboxylic acids is 1. The molecule has 0 bridgehead atoms. The number of carboxylic acids is 1. The lowest BCUT2D eigenvalue weighted by atomic mass is 10.0. The van der Waals surface area contributed by atoms with Gasteiger partial charge in [0.05, 0.1) is 5.69 Å². The number of urea groups is 1. The van der Waals surface area contributed by atoms with Crippen LogP contribution in [0.25, 0.3) is 0 Å². The Bertz CT molecular complexity index is 500. The van der Waals surface area contributed by atoms with Gasteiger partial charge in [0, 0.05) is 32.8 Å². The third kappa shape index (κ3) is 3.09. The first-order valence-corrected chi connectivity index (χ1v) is 6.75. The highest BCUT2D eigenvalue weighted by atomic mass is 16.4. The summed E-state index contributed by atoms with van der Waals surface area (Å²) in [4.78, 5) is 24.6. The lowest BCUT2D eigenvalue weighted by molar-refractivity contribution is -0.142. The van der Waals surface area contributed by atoms with Crippen LogP contribution in [0.15, 0.2) is 12.3 Å². The van der Waals surface area contributed by atoms with Gasteiger partial charge in [-0.05, 0) is 18.4 Å². The van der Waals surface area contributed by atoms with Crippen molar-refractivity contribution < 1.29 is 14.7 Å². The second kappa shape index (κ2) is 5.94. The molecule has 0 saturated carbocycles. The largest absolute Gasteiger partial charge is 0.480 e. The molecule has 20 heavy (non-hydrogen) atoms. The van der Waals surface area contributed by atoms with Crippen molar-refractivity contribution in [3.05, 3.63) is 18.0 Å². The van der Waals surface area contributed by atoms with Gasteiger partial charge in [0.25, 0.3) is 0 Å². The smallest absolute Gasteiger partial charge is 0.326 e. The molecule has 1 fully saturated rings. The molecule has 2 atom stereocenters. The first kappa shape index (κ1) is 14.4. The number of carbonyl (C=O) groups is 2. The molecule has 1 aliphatic heterocycles. The minimum atomic E-state index is -0.935. The number of rotatable bonds is 4. The number of aryl methyl sites for hydroxylation is 1. The normalized spacial score (nSPS) is 22.0. The quantitative estimate of drug-likeness (QED) is 0.839. The lowest BCUT2D eigenvalue weighted by Gasteiger charge is -2.23. The van der Waals surface area contributed by atoms with E-state index in [4.69, 9.17) is 0 Å². The van der Waals surface area contributed by atoms with Gasteiger partial charge in [-0.15, -0.1) is 0 Å². The highest BCUT2D eigenvalue weighted by Gasteiger charge is 2.39. The van der Waals surface area contributed by atoms with Crippen LogP contribution in [0.2, 0.25) is 0 Å². The van der Waals surface area contributed by atoms with Crippen molar-refractivity contribution in [3.63, 3.8) is 0 Å². The van der Waals surface area contributed by atoms with Gasteiger partial charge in [0.1, 0.15) is 6.04 Å². The van der Waals surface area contributed by atoms with Gasteiger partial charge < -0.3 is 15.3 Å². The molecule has 0 aromatic carbocycles. The van der Waals surface area contributed by atoms with Crippen molar-refractivity contribution in [1.82, 2.24) is 20.0 Å². The molecular formula is C13H20N4O3. The fourth-order valence-corrected chi connectivity index (χ4v) is 2.55. The predicted octanol–water partition coefficient (Wildman–Crippen LogP) is 0.467. The second-order valence-electron chi connectivity index (χ2n) is 5.21. The Labute approximate surface area is 117 Å². The van der Waals surface area contributed by atoms with E-state index in [0.29, 0.717) is 19.5 Å². The molecule has 1 aliphatic rings. The summed E-state index contributed by atoms with van der Waals surface area (Å²) >= 11 is 0. The molecule has 1 saturated heterocycles. The van der Waals surface area contributed by atoms with E-state index in [1.165, 1.54) is 4.90 Å². The minimum Gasteiger partial charge on any atom is -0.480 e. The topological polar surface area (TPSA) is 87.5 Å². The van der Waals surface area contributed by atoms with Gasteiger partial charge in [-0.2, -0.15) is 5.10 Å². The van der Waals surface area contributed by atoms with Crippen molar-refractivity contribution >= 4 is 12.0 Å². The number of hydrogen-bond acceptors (Lipinski definition) is 3. The monoisotopic (exact) mass is 280 g/mol. The lowest BCUT2D eigenvalue weighted by Crippen LogP contribution is -2.47. The van der Waals surface area contributed by atoms with Gasteiger partial charge in [-0.1, -0.05) is 6.92 Å². The number of nitrogens with zero attached hydrogens (tertiary/aromatic N) is 3. The molecule has 0 radical (unpaired) electrons. The zero-order chi connectivity index (χ0) is 14.7. The number of aromatic nitrogens is 2. The van der Waals surface area contributed by atoms with Gasteiger partial charge in [0.15, 0.2) is 0 Å². The molecule has 110 valence electrons. The molecule has 2 heterocycles. The number of hydrogen-bond donors (Lipinski definition) is 2. The van der Waals surface area contributed by atoms with E-state index in [1.807, 2.05) is 26.2 Å². The fourth-order valence-electron chi connectivity index (χ4n) is 2.55. The van der Waals surface area contributed by atoms with Crippen LogP contribution in [0.5, 0.6) is 0 Å². The third-order valence-electron chi connectivity index (χ3n) is 3.64. The highest BCUT2D eigenvalue weighted by molar-refractivity contribution is 5.83. The maximum Gasteiger partial charge on any atom is 0.326 e. The van der Waals surface area contributed by atoms with E-state index < -0.39 is 12.0 Å². The molecule has 2 amide bonds. The fraction of sp³-hybridized carbons (Fsp3) is 0.615. The Kier molecular flexibility index (Phi) is 4.26. The van der Waals surface area contributed by atoms with E-state index in [2.05, 4.69) is 10.4 Å². The molecule has 7 nitrogen and oxygen atoms in total. The molecule has 0 spiro atoms. The van der Waals surface area contributed by atoms with E-state index in [-0.39, 0.29) is 11.9 Å². The number of amides is 2. The van der Waals surface area contributed by atoms with Crippen LogP contribution in [-0.4, -0.2) is 50.9 Å². The SMILES string of the molecule is CC1CCN(C(=O)NCCc2ccn(C)n2)C1C(=O)O. The van der Waals surface area contributed by atoms with Crippen molar-refractivity contribution in [2.45, 2.75) is 25.8 Å². The first-order valence-electron chi connectivity index (χ1n) is 6.75. The Balaban J connectivity index is 1.84. The van der Waals surface area contributed by atoms with E-state index >= 15 is 0 Å². The number of carboxylic acid groups (broad SMARTS) is 1. The zero-order valence-electron chi connectivity index (χ0n) is 11.7. The Morgan fingerprint density at radius 1 is 1.55 bits per heavy atom. The molecule has 2 N–H and O–H groups in total. The average Bonchev–Trinajstić information content (AvgIpc) is 2.95. The Morgan fingerprint density at radius 3 is 2.90 bits per heavy atom. The molecule has 1 aromatic heterocycles. The summed E-state index contributed by atoms with van der Waals surface area (Å²) in [7, 11) is 1.84. The first-order chi connectivity index (χ1) is 9.49. The standard InChI is InChI=1S/C13H20N4O3/c1-9-4-8-17(11(9)12(18)19)13(20)14-6-3-10-5-7-16(2)15-10/h5,7,9,11H,3-4,6,8H2,1-2H3,(H,14,20)(H,18,19). The summed E-state index contributed by atoms with van der Waals surface area (Å²) in [5.41, 5.74) is 0.900. The zero-order valence-corrected chi connectivity index (χ0v) is 11.7.